The van der Waals surface area contributed by atoms with Crippen LogP contribution in [-0.4, -0.2) is 38.4 Å². The van der Waals surface area contributed by atoms with E-state index in [2.05, 4.69) is 0 Å². The summed E-state index contributed by atoms with van der Waals surface area (Å²) in [6, 6.07) is 9.97. The number of nitrogens with two attached hydrogens (primary N) is 1. The number of hydrogen-bond donors (Lipinski definition) is 1. The Balaban J connectivity index is 2.12. The van der Waals surface area contributed by atoms with Gasteiger partial charge in [0.15, 0.2) is 6.61 Å². The van der Waals surface area contributed by atoms with Gasteiger partial charge in [-0.25, -0.2) is 0 Å². The number of allylic oxidation sites excluding steroid dienone is 1. The van der Waals surface area contributed by atoms with Gasteiger partial charge >= 0.3 is 0 Å². The van der Waals surface area contributed by atoms with E-state index < -0.39 is 5.91 Å². The number of amides is 2. The molecule has 29 heavy (non-hydrogen) atoms. The van der Waals surface area contributed by atoms with E-state index >= 15 is 0 Å². The molecule has 2 aromatic carbocycles. The van der Waals surface area contributed by atoms with Crippen LogP contribution in [0.4, 0.5) is 5.69 Å². The number of fused-ring (bicyclic) bond motifs is 1. The Morgan fingerprint density at radius 2 is 1.72 bits per heavy atom. The van der Waals surface area contributed by atoms with Crippen molar-refractivity contribution in [3.8, 4) is 17.2 Å². The Bertz CT molecular complexity index is 1000. The monoisotopic (exact) mass is 396 g/mol. The Morgan fingerprint density at radius 3 is 2.28 bits per heavy atom. The van der Waals surface area contributed by atoms with Gasteiger partial charge in [-0.15, -0.1) is 0 Å². The zero-order chi connectivity index (χ0) is 21.1. The molecule has 2 amide bonds. The van der Waals surface area contributed by atoms with E-state index in [0.29, 0.717) is 34.1 Å². The van der Waals surface area contributed by atoms with Crippen LogP contribution in [0.3, 0.4) is 0 Å². The zero-order valence-electron chi connectivity index (χ0n) is 16.2. The van der Waals surface area contributed by atoms with Crippen molar-refractivity contribution < 1.29 is 28.6 Å². The van der Waals surface area contributed by atoms with Crippen LogP contribution in [0.2, 0.25) is 0 Å². The summed E-state index contributed by atoms with van der Waals surface area (Å²) < 4.78 is 16.2. The fourth-order valence-electron chi connectivity index (χ4n) is 3.13. The van der Waals surface area contributed by atoms with Crippen molar-refractivity contribution in [1.29, 1.82) is 0 Å². The first-order valence-corrected chi connectivity index (χ1v) is 8.70. The minimum Gasteiger partial charge on any atom is -0.496 e. The lowest BCUT2D eigenvalue weighted by atomic mass is 10.1. The molecule has 0 fully saturated rings. The van der Waals surface area contributed by atoms with Gasteiger partial charge in [-0.1, -0.05) is 12.1 Å². The van der Waals surface area contributed by atoms with Crippen LogP contribution < -0.4 is 24.8 Å². The predicted octanol–water partition coefficient (Wildman–Crippen LogP) is 2.16. The summed E-state index contributed by atoms with van der Waals surface area (Å²) in [5.74, 6) is -0.223. The van der Waals surface area contributed by atoms with Gasteiger partial charge in [0.2, 0.25) is 11.7 Å². The second-order valence-electron chi connectivity index (χ2n) is 6.23. The number of benzene rings is 2. The van der Waals surface area contributed by atoms with E-state index in [0.717, 1.165) is 0 Å². The molecule has 0 aromatic heterocycles. The van der Waals surface area contributed by atoms with Crippen LogP contribution in [0, 0.1) is 0 Å². The quantitative estimate of drug-likeness (QED) is 0.750. The number of hydrogen-bond acceptors (Lipinski definition) is 6. The predicted molar refractivity (Wildman–Crippen MR) is 106 cm³/mol. The molecule has 0 radical (unpaired) electrons. The Kier molecular flexibility index (Phi) is 5.54. The minimum absolute atomic E-state index is 0.182. The largest absolute Gasteiger partial charge is 0.496 e. The van der Waals surface area contributed by atoms with Crippen LogP contribution >= 0.6 is 0 Å². The fourth-order valence-corrected chi connectivity index (χ4v) is 3.13. The van der Waals surface area contributed by atoms with Crippen LogP contribution in [0.5, 0.6) is 17.2 Å². The minimum atomic E-state index is -0.624. The summed E-state index contributed by atoms with van der Waals surface area (Å²) in [5, 5.41) is 0. The van der Waals surface area contributed by atoms with Gasteiger partial charge in [0.1, 0.15) is 17.2 Å². The number of nitrogens with zero attached hydrogens (tertiary/aromatic N) is 1. The SMILES string of the molecule is COc1cc(OCC(N)=O)cc(OC)c1/C=C1/C(=O)c2ccccc2N1C(C)=O. The van der Waals surface area contributed by atoms with Gasteiger partial charge in [-0.05, 0) is 18.2 Å². The maximum absolute atomic E-state index is 12.9. The van der Waals surface area contributed by atoms with Crippen LogP contribution in [-0.2, 0) is 9.59 Å². The first-order chi connectivity index (χ1) is 13.9. The van der Waals surface area contributed by atoms with Crippen molar-refractivity contribution in [2.45, 2.75) is 6.92 Å². The van der Waals surface area contributed by atoms with E-state index in [1.165, 1.54) is 26.0 Å². The van der Waals surface area contributed by atoms with E-state index in [1.807, 2.05) is 0 Å². The van der Waals surface area contributed by atoms with E-state index in [-0.39, 0.29) is 24.0 Å². The van der Waals surface area contributed by atoms with Crippen LogP contribution in [0.15, 0.2) is 42.1 Å². The smallest absolute Gasteiger partial charge is 0.255 e. The fraction of sp³-hybridized carbons (Fsp3) is 0.190. The number of carbonyl (C=O) groups is 3. The highest BCUT2D eigenvalue weighted by atomic mass is 16.5. The number of ether oxygens (including phenoxy) is 3. The lowest BCUT2D eigenvalue weighted by Gasteiger charge is -2.18. The molecule has 8 heteroatoms. The van der Waals surface area contributed by atoms with Crippen molar-refractivity contribution in [1.82, 2.24) is 0 Å². The average Bonchev–Trinajstić information content (AvgIpc) is 2.99. The summed E-state index contributed by atoms with van der Waals surface area (Å²) in [6.45, 7) is 1.08. The van der Waals surface area contributed by atoms with Crippen molar-refractivity contribution in [2.24, 2.45) is 5.73 Å². The molecule has 1 heterocycles. The summed E-state index contributed by atoms with van der Waals surface area (Å²) in [4.78, 5) is 37.5. The van der Waals surface area contributed by atoms with Crippen molar-refractivity contribution in [3.63, 3.8) is 0 Å². The average molecular weight is 396 g/mol. The Hall–Kier alpha value is -3.81. The Morgan fingerprint density at radius 1 is 1.10 bits per heavy atom. The van der Waals surface area contributed by atoms with Crippen molar-refractivity contribution in [3.05, 3.63) is 53.2 Å². The molecule has 3 rings (SSSR count). The molecular weight excluding hydrogens is 376 g/mol. The molecule has 8 nitrogen and oxygen atoms in total. The van der Waals surface area contributed by atoms with Gasteiger partial charge in [0.25, 0.3) is 5.91 Å². The molecule has 2 aromatic rings. The first kappa shape index (κ1) is 19.9. The number of carbonyl (C=O) groups excluding carboxylic acids is 3. The molecule has 0 saturated carbocycles. The molecule has 0 aliphatic carbocycles. The van der Waals surface area contributed by atoms with Gasteiger partial charge < -0.3 is 19.9 Å². The van der Waals surface area contributed by atoms with Gasteiger partial charge in [-0.2, -0.15) is 0 Å². The van der Waals surface area contributed by atoms with Gasteiger partial charge in [-0.3, -0.25) is 19.3 Å². The van der Waals surface area contributed by atoms with E-state index in [4.69, 9.17) is 19.9 Å². The normalized spacial score (nSPS) is 14.0. The molecular formula is C21H20N2O6. The standard InChI is InChI=1S/C21H20N2O6/c1-12(24)23-16-7-5-4-6-14(16)21(26)17(23)10-15-18(27-2)8-13(9-19(15)28-3)29-11-20(22)25/h4-10H,11H2,1-3H3,(H2,22,25)/b17-10-. The lowest BCUT2D eigenvalue weighted by molar-refractivity contribution is -0.120. The molecule has 0 saturated heterocycles. The maximum Gasteiger partial charge on any atom is 0.255 e. The third-order valence-electron chi connectivity index (χ3n) is 4.36. The number of primary amides is 1. The van der Waals surface area contributed by atoms with Crippen molar-refractivity contribution in [2.75, 3.05) is 25.7 Å². The highest BCUT2D eigenvalue weighted by Crippen LogP contribution is 2.40. The number of methoxy groups -OCH3 is 2. The lowest BCUT2D eigenvalue weighted by Crippen LogP contribution is -2.25. The summed E-state index contributed by atoms with van der Waals surface area (Å²) in [6.07, 6.45) is 1.54. The summed E-state index contributed by atoms with van der Waals surface area (Å²) in [5.41, 5.74) is 6.70. The summed E-state index contributed by atoms with van der Waals surface area (Å²) in [7, 11) is 2.89. The van der Waals surface area contributed by atoms with Crippen LogP contribution in [0.25, 0.3) is 6.08 Å². The second-order valence-corrected chi connectivity index (χ2v) is 6.23. The van der Waals surface area contributed by atoms with E-state index in [1.54, 1.807) is 42.5 Å². The molecule has 2 N–H and O–H groups in total. The number of para-hydroxylation sites is 1. The number of Topliss-reactive ketones (excluding diaryl/α,β-unsaturated/α-hetero) is 1. The number of rotatable bonds is 6. The zero-order valence-corrected chi connectivity index (χ0v) is 16.2. The summed E-state index contributed by atoms with van der Waals surface area (Å²) >= 11 is 0. The topological polar surface area (TPSA) is 108 Å². The number of ketones is 1. The molecule has 0 bridgehead atoms. The molecule has 1 aliphatic rings. The second kappa shape index (κ2) is 8.05. The highest BCUT2D eigenvalue weighted by molar-refractivity contribution is 6.26. The highest BCUT2D eigenvalue weighted by Gasteiger charge is 2.35. The third-order valence-corrected chi connectivity index (χ3v) is 4.36. The third kappa shape index (κ3) is 3.77. The molecule has 1 aliphatic heterocycles. The molecule has 0 atom stereocenters. The van der Waals surface area contributed by atoms with Gasteiger partial charge in [0, 0.05) is 24.6 Å². The van der Waals surface area contributed by atoms with Crippen LogP contribution in [0.1, 0.15) is 22.8 Å². The van der Waals surface area contributed by atoms with Crippen molar-refractivity contribution >= 4 is 29.4 Å². The maximum atomic E-state index is 12.9. The molecule has 150 valence electrons. The van der Waals surface area contributed by atoms with E-state index in [9.17, 15) is 14.4 Å². The Labute approximate surface area is 167 Å². The molecule has 0 spiro atoms. The first-order valence-electron chi connectivity index (χ1n) is 8.70. The molecule has 0 unspecified atom stereocenters. The number of anilines is 1. The van der Waals surface area contributed by atoms with Gasteiger partial charge in [0.05, 0.1) is 31.2 Å².